The van der Waals surface area contributed by atoms with Crippen molar-refractivity contribution in [2.24, 2.45) is 5.92 Å². The van der Waals surface area contributed by atoms with Crippen molar-refractivity contribution in [3.63, 3.8) is 0 Å². The fourth-order valence-electron chi connectivity index (χ4n) is 2.94. The Morgan fingerprint density at radius 2 is 2.09 bits per heavy atom. The Kier molecular flexibility index (Phi) is 4.14. The number of aryl methyl sites for hydroxylation is 2. The van der Waals surface area contributed by atoms with E-state index < -0.39 is 9.84 Å². The summed E-state index contributed by atoms with van der Waals surface area (Å²) in [5.41, 5.74) is 4.15. The second-order valence-corrected chi connectivity index (χ2v) is 8.60. The van der Waals surface area contributed by atoms with Gasteiger partial charge in [-0.3, -0.25) is 4.79 Å². The van der Waals surface area contributed by atoms with Gasteiger partial charge in [0.05, 0.1) is 28.9 Å². The highest BCUT2D eigenvalue weighted by Crippen LogP contribution is 2.19. The molecular weight excluding hydrogens is 314 g/mol. The smallest absolute Gasteiger partial charge is 0.240 e. The van der Waals surface area contributed by atoms with Crippen LogP contribution in [0.3, 0.4) is 0 Å². The normalized spacial score (nSPS) is 20.0. The maximum atomic E-state index is 12.1. The first-order valence-corrected chi connectivity index (χ1v) is 9.55. The van der Waals surface area contributed by atoms with Crippen molar-refractivity contribution in [1.82, 2.24) is 14.9 Å². The third-order valence-corrected chi connectivity index (χ3v) is 6.30. The van der Waals surface area contributed by atoms with Gasteiger partial charge >= 0.3 is 0 Å². The molecule has 1 aliphatic rings. The maximum absolute atomic E-state index is 12.1. The zero-order valence-electron chi connectivity index (χ0n) is 13.4. The Bertz CT molecular complexity index is 855. The molecule has 0 aliphatic carbocycles. The first kappa shape index (κ1) is 16.0. The number of imidazole rings is 1. The van der Waals surface area contributed by atoms with Crippen LogP contribution in [0, 0.1) is 19.8 Å². The van der Waals surface area contributed by atoms with Gasteiger partial charge in [-0.05, 0) is 49.4 Å². The summed E-state index contributed by atoms with van der Waals surface area (Å²) in [6.45, 7) is 4.68. The molecule has 1 amide bonds. The van der Waals surface area contributed by atoms with Crippen LogP contribution in [-0.2, 0) is 21.2 Å². The summed E-state index contributed by atoms with van der Waals surface area (Å²) in [5.74, 6) is 0.332. The SMILES string of the molecule is Cc1cc2ncn(CC(=O)NC[C@H]3CCS(=O)(=O)C3)c2cc1C. The number of carbonyl (C=O) groups excluding carboxylic acids is 1. The predicted octanol–water partition coefficient (Wildman–Crippen LogP) is 1.20. The minimum Gasteiger partial charge on any atom is -0.354 e. The second-order valence-electron chi connectivity index (χ2n) is 6.37. The van der Waals surface area contributed by atoms with Crippen LogP contribution in [0.2, 0.25) is 0 Å². The van der Waals surface area contributed by atoms with E-state index in [1.54, 1.807) is 6.33 Å². The fourth-order valence-corrected chi connectivity index (χ4v) is 4.80. The van der Waals surface area contributed by atoms with Crippen molar-refractivity contribution in [2.75, 3.05) is 18.1 Å². The molecule has 124 valence electrons. The van der Waals surface area contributed by atoms with Crippen molar-refractivity contribution >= 4 is 26.8 Å². The van der Waals surface area contributed by atoms with Gasteiger partial charge in [-0.2, -0.15) is 0 Å². The highest BCUT2D eigenvalue weighted by molar-refractivity contribution is 7.91. The number of nitrogens with zero attached hydrogens (tertiary/aromatic N) is 2. The van der Waals surface area contributed by atoms with Crippen molar-refractivity contribution in [3.8, 4) is 0 Å². The molecule has 6 nitrogen and oxygen atoms in total. The largest absolute Gasteiger partial charge is 0.354 e. The van der Waals surface area contributed by atoms with Crippen LogP contribution in [0.1, 0.15) is 17.5 Å². The van der Waals surface area contributed by atoms with Crippen LogP contribution in [0.25, 0.3) is 11.0 Å². The highest BCUT2D eigenvalue weighted by atomic mass is 32.2. The van der Waals surface area contributed by atoms with Gasteiger partial charge in [-0.1, -0.05) is 0 Å². The highest BCUT2D eigenvalue weighted by Gasteiger charge is 2.27. The Morgan fingerprint density at radius 3 is 2.78 bits per heavy atom. The van der Waals surface area contributed by atoms with E-state index in [-0.39, 0.29) is 29.9 Å². The molecule has 7 heteroatoms. The van der Waals surface area contributed by atoms with Gasteiger partial charge in [0.15, 0.2) is 9.84 Å². The lowest BCUT2D eigenvalue weighted by Crippen LogP contribution is -2.32. The molecule has 23 heavy (non-hydrogen) atoms. The molecule has 0 unspecified atom stereocenters. The molecule has 1 aromatic carbocycles. The third kappa shape index (κ3) is 3.55. The molecule has 3 rings (SSSR count). The molecule has 1 fully saturated rings. The molecule has 1 saturated heterocycles. The van der Waals surface area contributed by atoms with E-state index >= 15 is 0 Å². The topological polar surface area (TPSA) is 81.1 Å². The number of hydrogen-bond donors (Lipinski definition) is 1. The molecule has 0 bridgehead atoms. The van der Waals surface area contributed by atoms with E-state index in [2.05, 4.69) is 10.3 Å². The van der Waals surface area contributed by atoms with Crippen molar-refractivity contribution in [3.05, 3.63) is 29.6 Å². The van der Waals surface area contributed by atoms with Gasteiger partial charge < -0.3 is 9.88 Å². The summed E-state index contributed by atoms with van der Waals surface area (Å²) in [4.78, 5) is 16.4. The van der Waals surface area contributed by atoms with E-state index in [0.29, 0.717) is 13.0 Å². The number of nitrogens with one attached hydrogen (secondary N) is 1. The Morgan fingerprint density at radius 1 is 1.35 bits per heavy atom. The van der Waals surface area contributed by atoms with Crippen molar-refractivity contribution in [1.29, 1.82) is 0 Å². The lowest BCUT2D eigenvalue weighted by molar-refractivity contribution is -0.121. The first-order chi connectivity index (χ1) is 10.8. The quantitative estimate of drug-likeness (QED) is 0.910. The predicted molar refractivity (Wildman–Crippen MR) is 89.0 cm³/mol. The molecule has 1 N–H and O–H groups in total. The van der Waals surface area contributed by atoms with E-state index in [4.69, 9.17) is 0 Å². The summed E-state index contributed by atoms with van der Waals surface area (Å²) in [5, 5.41) is 2.84. The standard InChI is InChI=1S/C16H21N3O3S/c1-11-5-14-15(6-12(11)2)19(10-18-14)8-16(20)17-7-13-3-4-23(21,22)9-13/h5-6,10,13H,3-4,7-9H2,1-2H3,(H,17,20)/t13-/m1/s1. The van der Waals surface area contributed by atoms with Gasteiger partial charge in [-0.15, -0.1) is 0 Å². The molecule has 1 aliphatic heterocycles. The number of hydrogen-bond acceptors (Lipinski definition) is 4. The second kappa shape index (κ2) is 5.96. The van der Waals surface area contributed by atoms with Gasteiger partial charge in [0.2, 0.25) is 5.91 Å². The van der Waals surface area contributed by atoms with Crippen LogP contribution >= 0.6 is 0 Å². The summed E-state index contributed by atoms with van der Waals surface area (Å²) in [6.07, 6.45) is 2.30. The van der Waals surface area contributed by atoms with Crippen LogP contribution in [0.5, 0.6) is 0 Å². The lowest BCUT2D eigenvalue weighted by atomic mass is 10.1. The Hall–Kier alpha value is -1.89. The molecule has 2 heterocycles. The molecule has 1 aromatic heterocycles. The maximum Gasteiger partial charge on any atom is 0.240 e. The van der Waals surface area contributed by atoms with E-state index in [0.717, 1.165) is 16.6 Å². The number of carbonyl (C=O) groups is 1. The summed E-state index contributed by atoms with van der Waals surface area (Å²) in [7, 11) is -2.90. The van der Waals surface area contributed by atoms with Crippen molar-refractivity contribution in [2.45, 2.75) is 26.8 Å². The number of sulfone groups is 1. The number of fused-ring (bicyclic) bond motifs is 1. The molecule has 0 radical (unpaired) electrons. The van der Waals surface area contributed by atoms with Gasteiger partial charge in [0.25, 0.3) is 0 Å². The van der Waals surface area contributed by atoms with Crippen LogP contribution < -0.4 is 5.32 Å². The number of benzene rings is 1. The van der Waals surface area contributed by atoms with Gasteiger partial charge in [0, 0.05) is 6.54 Å². The Balaban J connectivity index is 1.63. The minimum absolute atomic E-state index is 0.0355. The van der Waals surface area contributed by atoms with Crippen LogP contribution in [0.15, 0.2) is 18.5 Å². The molecular formula is C16H21N3O3S. The number of aromatic nitrogens is 2. The average Bonchev–Trinajstić information content (AvgIpc) is 3.01. The monoisotopic (exact) mass is 335 g/mol. The Labute approximate surface area is 135 Å². The third-order valence-electron chi connectivity index (χ3n) is 4.47. The van der Waals surface area contributed by atoms with Crippen molar-refractivity contribution < 1.29 is 13.2 Å². The molecule has 0 spiro atoms. The lowest BCUT2D eigenvalue weighted by Gasteiger charge is -2.10. The van der Waals surface area contributed by atoms with Gasteiger partial charge in [0.1, 0.15) is 6.54 Å². The summed E-state index contributed by atoms with van der Waals surface area (Å²) >= 11 is 0. The van der Waals surface area contributed by atoms with Crippen LogP contribution in [0.4, 0.5) is 0 Å². The number of rotatable bonds is 4. The zero-order valence-corrected chi connectivity index (χ0v) is 14.2. The summed E-state index contributed by atoms with van der Waals surface area (Å²) in [6, 6.07) is 4.05. The fraction of sp³-hybridized carbons (Fsp3) is 0.500. The minimum atomic E-state index is -2.90. The zero-order chi connectivity index (χ0) is 16.6. The van der Waals surface area contributed by atoms with Crippen LogP contribution in [-0.4, -0.2) is 41.9 Å². The molecule has 1 atom stereocenters. The van der Waals surface area contributed by atoms with E-state index in [1.807, 2.05) is 30.5 Å². The average molecular weight is 335 g/mol. The van der Waals surface area contributed by atoms with E-state index in [9.17, 15) is 13.2 Å². The molecule has 0 saturated carbocycles. The number of amides is 1. The first-order valence-electron chi connectivity index (χ1n) is 7.73. The van der Waals surface area contributed by atoms with E-state index in [1.165, 1.54) is 5.56 Å². The molecule has 2 aromatic rings. The van der Waals surface area contributed by atoms with Gasteiger partial charge in [-0.25, -0.2) is 13.4 Å². The summed E-state index contributed by atoms with van der Waals surface area (Å²) < 4.78 is 24.7.